The zero-order valence-corrected chi connectivity index (χ0v) is 14.0. The first kappa shape index (κ1) is 15.9. The van der Waals surface area contributed by atoms with Gasteiger partial charge in [0.15, 0.2) is 0 Å². The van der Waals surface area contributed by atoms with E-state index in [1.807, 2.05) is 30.3 Å². The molecule has 0 N–H and O–H groups in total. The van der Waals surface area contributed by atoms with E-state index in [1.54, 1.807) is 42.5 Å². The number of rotatable bonds is 4. The number of carbonyl (C=O) groups is 2. The van der Waals surface area contributed by atoms with Crippen LogP contribution in [0.5, 0.6) is 17.2 Å². The summed E-state index contributed by atoms with van der Waals surface area (Å²) in [5.74, 6) is 0.830. The standard InChI is InChI=1S/C21H15NO4/c1-25-19-12-11-15(26-14-7-3-2-4-8-14)13-18(19)22-20(23)16-9-5-6-10-17(16)21(22)24/h2-13H,1H3. The Hall–Kier alpha value is -3.60. The molecule has 0 atom stereocenters. The number of hydrogen-bond acceptors (Lipinski definition) is 4. The van der Waals surface area contributed by atoms with Crippen molar-refractivity contribution in [1.29, 1.82) is 0 Å². The first-order chi connectivity index (χ1) is 12.7. The van der Waals surface area contributed by atoms with Crippen LogP contribution in [0.3, 0.4) is 0 Å². The average Bonchev–Trinajstić information content (AvgIpc) is 2.93. The number of benzene rings is 3. The van der Waals surface area contributed by atoms with E-state index in [9.17, 15) is 9.59 Å². The van der Waals surface area contributed by atoms with Crippen molar-refractivity contribution in [3.8, 4) is 17.2 Å². The lowest BCUT2D eigenvalue weighted by Gasteiger charge is -2.18. The molecular weight excluding hydrogens is 330 g/mol. The third-order valence-electron chi connectivity index (χ3n) is 4.16. The van der Waals surface area contributed by atoms with Crippen molar-refractivity contribution in [3.63, 3.8) is 0 Å². The van der Waals surface area contributed by atoms with Crippen LogP contribution in [0.4, 0.5) is 5.69 Å². The Bertz CT molecular complexity index is 963. The second kappa shape index (κ2) is 6.37. The first-order valence-electron chi connectivity index (χ1n) is 8.08. The highest BCUT2D eigenvalue weighted by atomic mass is 16.5. The highest BCUT2D eigenvalue weighted by Crippen LogP contribution is 2.38. The maximum Gasteiger partial charge on any atom is 0.266 e. The topological polar surface area (TPSA) is 55.8 Å². The van der Waals surface area contributed by atoms with Gasteiger partial charge in [-0.15, -0.1) is 0 Å². The maximum atomic E-state index is 12.8. The van der Waals surface area contributed by atoms with E-state index in [-0.39, 0.29) is 11.8 Å². The van der Waals surface area contributed by atoms with E-state index in [1.165, 1.54) is 7.11 Å². The van der Waals surface area contributed by atoms with Crippen LogP contribution in [0, 0.1) is 0 Å². The van der Waals surface area contributed by atoms with Gasteiger partial charge in [0, 0.05) is 6.07 Å². The summed E-state index contributed by atoms with van der Waals surface area (Å²) in [7, 11) is 1.49. The molecule has 1 aliphatic heterocycles. The van der Waals surface area contributed by atoms with Crippen LogP contribution in [0.25, 0.3) is 0 Å². The largest absolute Gasteiger partial charge is 0.495 e. The van der Waals surface area contributed by atoms with Gasteiger partial charge in [-0.25, -0.2) is 4.90 Å². The van der Waals surface area contributed by atoms with Gasteiger partial charge in [0.2, 0.25) is 0 Å². The highest BCUT2D eigenvalue weighted by molar-refractivity contribution is 6.34. The minimum absolute atomic E-state index is 0.354. The van der Waals surface area contributed by atoms with E-state index >= 15 is 0 Å². The van der Waals surface area contributed by atoms with Crippen molar-refractivity contribution in [2.45, 2.75) is 0 Å². The lowest BCUT2D eigenvalue weighted by Crippen LogP contribution is -2.29. The number of methoxy groups -OCH3 is 1. The number of imide groups is 1. The molecule has 5 heteroatoms. The molecular formula is C21H15NO4. The van der Waals surface area contributed by atoms with Crippen LogP contribution < -0.4 is 14.4 Å². The van der Waals surface area contributed by atoms with E-state index in [4.69, 9.17) is 9.47 Å². The second-order valence-corrected chi connectivity index (χ2v) is 5.74. The van der Waals surface area contributed by atoms with Crippen molar-refractivity contribution >= 4 is 17.5 Å². The minimum atomic E-state index is -0.374. The quantitative estimate of drug-likeness (QED) is 0.662. The van der Waals surface area contributed by atoms with Crippen LogP contribution in [-0.2, 0) is 0 Å². The molecule has 0 radical (unpaired) electrons. The highest BCUT2D eigenvalue weighted by Gasteiger charge is 2.37. The fourth-order valence-corrected chi connectivity index (χ4v) is 2.94. The number of amides is 2. The van der Waals surface area contributed by atoms with E-state index in [0.29, 0.717) is 34.1 Å². The third kappa shape index (κ3) is 2.59. The van der Waals surface area contributed by atoms with Crippen LogP contribution in [-0.4, -0.2) is 18.9 Å². The Morgan fingerprint density at radius 2 is 1.35 bits per heavy atom. The normalized spacial score (nSPS) is 12.9. The fraction of sp³-hybridized carbons (Fsp3) is 0.0476. The molecule has 26 heavy (non-hydrogen) atoms. The van der Waals surface area contributed by atoms with Gasteiger partial charge < -0.3 is 9.47 Å². The molecule has 3 aromatic carbocycles. The summed E-state index contributed by atoms with van der Waals surface area (Å²) >= 11 is 0. The summed E-state index contributed by atoms with van der Waals surface area (Å²) in [5, 5.41) is 0. The van der Waals surface area contributed by atoms with Crippen molar-refractivity contribution in [3.05, 3.63) is 83.9 Å². The van der Waals surface area contributed by atoms with Gasteiger partial charge in [0.1, 0.15) is 17.2 Å². The summed E-state index contributed by atoms with van der Waals surface area (Å²) in [4.78, 5) is 26.6. The van der Waals surface area contributed by atoms with Crippen molar-refractivity contribution in [2.75, 3.05) is 12.0 Å². The number of ether oxygens (including phenoxy) is 2. The SMILES string of the molecule is COc1ccc(Oc2ccccc2)cc1N1C(=O)c2ccccc2C1=O. The molecule has 3 aromatic rings. The molecule has 1 aliphatic rings. The van der Waals surface area contributed by atoms with Gasteiger partial charge in [0.25, 0.3) is 11.8 Å². The Labute approximate surface area is 150 Å². The molecule has 0 unspecified atom stereocenters. The first-order valence-corrected chi connectivity index (χ1v) is 8.08. The van der Waals surface area contributed by atoms with Gasteiger partial charge in [-0.05, 0) is 36.4 Å². The predicted molar refractivity (Wildman–Crippen MR) is 97.1 cm³/mol. The molecule has 128 valence electrons. The summed E-state index contributed by atoms with van der Waals surface area (Å²) in [6, 6.07) is 21.1. The Kier molecular flexibility index (Phi) is 3.89. The molecule has 1 heterocycles. The summed E-state index contributed by atoms with van der Waals surface area (Å²) < 4.78 is 11.2. The second-order valence-electron chi connectivity index (χ2n) is 5.74. The molecule has 0 aliphatic carbocycles. The number of carbonyl (C=O) groups excluding carboxylic acids is 2. The van der Waals surface area contributed by atoms with E-state index in [0.717, 1.165) is 4.90 Å². The molecule has 4 rings (SSSR count). The smallest absolute Gasteiger partial charge is 0.266 e. The molecule has 0 bridgehead atoms. The fourth-order valence-electron chi connectivity index (χ4n) is 2.94. The number of anilines is 1. The summed E-state index contributed by atoms with van der Waals surface area (Å²) in [6.45, 7) is 0. The Morgan fingerprint density at radius 1 is 0.731 bits per heavy atom. The van der Waals surface area contributed by atoms with Crippen molar-refractivity contribution in [2.24, 2.45) is 0 Å². The number of nitrogens with zero attached hydrogens (tertiary/aromatic N) is 1. The van der Waals surface area contributed by atoms with Crippen molar-refractivity contribution in [1.82, 2.24) is 0 Å². The van der Waals surface area contributed by atoms with Gasteiger partial charge in [0.05, 0.1) is 23.9 Å². The van der Waals surface area contributed by atoms with Crippen molar-refractivity contribution < 1.29 is 19.1 Å². The lowest BCUT2D eigenvalue weighted by atomic mass is 10.1. The molecule has 0 saturated carbocycles. The maximum absolute atomic E-state index is 12.8. The third-order valence-corrected chi connectivity index (χ3v) is 4.16. The van der Waals surface area contributed by atoms with Gasteiger partial charge in [-0.1, -0.05) is 30.3 Å². The molecule has 0 fully saturated rings. The van der Waals surface area contributed by atoms with Crippen LogP contribution >= 0.6 is 0 Å². The molecule has 0 saturated heterocycles. The minimum Gasteiger partial charge on any atom is -0.495 e. The van der Waals surface area contributed by atoms with Gasteiger partial charge in [-0.2, -0.15) is 0 Å². The number of hydrogen-bond donors (Lipinski definition) is 0. The van der Waals surface area contributed by atoms with E-state index in [2.05, 4.69) is 0 Å². The zero-order chi connectivity index (χ0) is 18.1. The molecule has 5 nitrogen and oxygen atoms in total. The van der Waals surface area contributed by atoms with Gasteiger partial charge in [-0.3, -0.25) is 9.59 Å². The number of fused-ring (bicyclic) bond motifs is 1. The molecule has 0 aromatic heterocycles. The monoisotopic (exact) mass is 345 g/mol. The van der Waals surface area contributed by atoms with Crippen LogP contribution in [0.2, 0.25) is 0 Å². The summed E-state index contributed by atoms with van der Waals surface area (Å²) in [6.07, 6.45) is 0. The average molecular weight is 345 g/mol. The van der Waals surface area contributed by atoms with Gasteiger partial charge >= 0.3 is 0 Å². The number of para-hydroxylation sites is 1. The van der Waals surface area contributed by atoms with Crippen LogP contribution in [0.1, 0.15) is 20.7 Å². The Morgan fingerprint density at radius 3 is 1.96 bits per heavy atom. The molecule has 2 amide bonds. The summed E-state index contributed by atoms with van der Waals surface area (Å²) in [5.41, 5.74) is 1.12. The lowest BCUT2D eigenvalue weighted by molar-refractivity contribution is 0.0925. The predicted octanol–water partition coefficient (Wildman–Crippen LogP) is 4.29. The Balaban J connectivity index is 1.75. The molecule has 0 spiro atoms. The van der Waals surface area contributed by atoms with E-state index < -0.39 is 0 Å². The van der Waals surface area contributed by atoms with Crippen LogP contribution in [0.15, 0.2) is 72.8 Å². The zero-order valence-electron chi connectivity index (χ0n) is 14.0.